The highest BCUT2D eigenvalue weighted by Gasteiger charge is 2.47. The molecule has 6 nitrogen and oxygen atoms in total. The number of nitrogens with zero attached hydrogens (tertiary/aromatic N) is 2. The zero-order valence-electron chi connectivity index (χ0n) is 21.9. The molecule has 39 heavy (non-hydrogen) atoms. The molecule has 1 saturated heterocycles. The van der Waals surface area contributed by atoms with E-state index in [1.54, 1.807) is 6.20 Å². The van der Waals surface area contributed by atoms with Crippen LogP contribution in [-0.4, -0.2) is 40.7 Å². The number of alkyl halides is 2. The molecule has 1 aromatic heterocycles. The average Bonchev–Trinajstić information content (AvgIpc) is 3.57. The summed E-state index contributed by atoms with van der Waals surface area (Å²) in [5.74, 6) is -2.17. The molecule has 1 aliphatic heterocycles. The van der Waals surface area contributed by atoms with Gasteiger partial charge in [-0.25, -0.2) is 13.8 Å². The van der Waals surface area contributed by atoms with Gasteiger partial charge in [0, 0.05) is 49.5 Å². The van der Waals surface area contributed by atoms with Gasteiger partial charge in [0.25, 0.3) is 0 Å². The van der Waals surface area contributed by atoms with Crippen molar-refractivity contribution in [2.24, 2.45) is 5.92 Å². The fraction of sp³-hybridized carbons (Fsp3) is 0.452. The number of nitrogens with one attached hydrogen (secondary N) is 1. The lowest BCUT2D eigenvalue weighted by Crippen LogP contribution is -2.47. The molecule has 2 fully saturated rings. The van der Waals surface area contributed by atoms with E-state index in [0.717, 1.165) is 24.8 Å². The topological polar surface area (TPSA) is 75.4 Å². The normalized spacial score (nSPS) is 22.0. The summed E-state index contributed by atoms with van der Waals surface area (Å²) in [6.07, 6.45) is 6.09. The molecule has 3 aliphatic rings. The zero-order valence-corrected chi connectivity index (χ0v) is 21.9. The smallest absolute Gasteiger partial charge is 0.248 e. The van der Waals surface area contributed by atoms with Gasteiger partial charge >= 0.3 is 0 Å². The number of halogens is 2. The third-order valence-corrected chi connectivity index (χ3v) is 9.00. The Morgan fingerprint density at radius 3 is 2.54 bits per heavy atom. The molecule has 1 atom stereocenters. The lowest BCUT2D eigenvalue weighted by Gasteiger charge is -2.42. The predicted octanol–water partition coefficient (Wildman–Crippen LogP) is 6.54. The molecule has 0 radical (unpaired) electrons. The lowest BCUT2D eigenvalue weighted by atomic mass is 9.73. The van der Waals surface area contributed by atoms with Gasteiger partial charge in [0.1, 0.15) is 0 Å². The summed E-state index contributed by atoms with van der Waals surface area (Å²) in [6, 6.07) is 15.9. The Morgan fingerprint density at radius 1 is 1.03 bits per heavy atom. The van der Waals surface area contributed by atoms with Crippen LogP contribution >= 0.6 is 0 Å². The van der Waals surface area contributed by atoms with Crippen LogP contribution in [0.15, 0.2) is 65.5 Å². The van der Waals surface area contributed by atoms with E-state index in [4.69, 9.17) is 4.42 Å². The number of fused-ring (bicyclic) bond motifs is 2. The molecule has 3 aromatic rings. The summed E-state index contributed by atoms with van der Waals surface area (Å²) in [7, 11) is 0. The van der Waals surface area contributed by atoms with Gasteiger partial charge in [0.05, 0.1) is 6.20 Å². The number of hydrogen-bond donors (Lipinski definition) is 1. The third-order valence-electron chi connectivity index (χ3n) is 9.00. The number of oxazole rings is 1. The first-order valence-electron chi connectivity index (χ1n) is 13.9. The highest BCUT2D eigenvalue weighted by Crippen LogP contribution is 2.53. The van der Waals surface area contributed by atoms with Gasteiger partial charge in [0.2, 0.25) is 17.7 Å². The SMILES string of the molecule is O=C(CC1CC2(CCN(C(=O)C3CCC(F)(F)CC3)CC2)c2ccccc21)Nc1cccc(-c2cnco2)c1. The molecule has 2 amide bonds. The largest absolute Gasteiger partial charge is 0.444 e. The summed E-state index contributed by atoms with van der Waals surface area (Å²) in [5, 5.41) is 3.05. The lowest BCUT2D eigenvalue weighted by molar-refractivity contribution is -0.141. The third kappa shape index (κ3) is 5.21. The molecule has 6 rings (SSSR count). The van der Waals surface area contributed by atoms with Crippen molar-refractivity contribution in [3.63, 3.8) is 0 Å². The standard InChI is InChI=1S/C31H33F2N3O3/c32-31(33)10-8-21(9-11-31)29(38)36-14-12-30(13-15-36)18-23(25-6-1-2-7-26(25)30)17-28(37)35-24-5-3-4-22(16-24)27-19-34-20-39-27/h1-7,16,19-21,23H,8-15,17-18H2,(H,35,37). The van der Waals surface area contributed by atoms with Crippen molar-refractivity contribution >= 4 is 17.5 Å². The number of likely N-dealkylation sites (tertiary alicyclic amines) is 1. The molecule has 1 unspecified atom stereocenters. The van der Waals surface area contributed by atoms with Crippen molar-refractivity contribution in [3.8, 4) is 11.3 Å². The number of hydrogen-bond acceptors (Lipinski definition) is 4. The monoisotopic (exact) mass is 533 g/mol. The number of amides is 2. The van der Waals surface area contributed by atoms with Crippen LogP contribution in [0.1, 0.15) is 68.4 Å². The number of rotatable bonds is 5. The number of carbonyl (C=O) groups is 2. The van der Waals surface area contributed by atoms with Crippen molar-refractivity contribution < 1.29 is 22.8 Å². The Labute approximate surface area is 226 Å². The van der Waals surface area contributed by atoms with Crippen LogP contribution in [0, 0.1) is 5.92 Å². The van der Waals surface area contributed by atoms with Gasteiger partial charge in [-0.15, -0.1) is 0 Å². The van der Waals surface area contributed by atoms with Crippen LogP contribution in [0.3, 0.4) is 0 Å². The van der Waals surface area contributed by atoms with Gasteiger partial charge in [-0.1, -0.05) is 36.4 Å². The van der Waals surface area contributed by atoms with E-state index in [0.29, 0.717) is 31.0 Å². The van der Waals surface area contributed by atoms with Gasteiger partial charge in [-0.2, -0.15) is 0 Å². The molecular formula is C31H33F2N3O3. The van der Waals surface area contributed by atoms with Gasteiger partial charge in [0.15, 0.2) is 12.2 Å². The molecule has 2 heterocycles. The fourth-order valence-corrected chi connectivity index (χ4v) is 6.93. The minimum absolute atomic E-state index is 0.0371. The van der Waals surface area contributed by atoms with Crippen molar-refractivity contribution in [2.75, 3.05) is 18.4 Å². The minimum Gasteiger partial charge on any atom is -0.444 e. The minimum atomic E-state index is -2.63. The van der Waals surface area contributed by atoms with E-state index >= 15 is 0 Å². The van der Waals surface area contributed by atoms with E-state index in [2.05, 4.69) is 28.5 Å². The van der Waals surface area contributed by atoms with Crippen molar-refractivity contribution in [2.45, 2.75) is 68.6 Å². The highest BCUT2D eigenvalue weighted by atomic mass is 19.3. The van der Waals surface area contributed by atoms with Gasteiger partial charge in [-0.3, -0.25) is 9.59 Å². The van der Waals surface area contributed by atoms with Crippen LogP contribution in [0.25, 0.3) is 11.3 Å². The predicted molar refractivity (Wildman–Crippen MR) is 143 cm³/mol. The van der Waals surface area contributed by atoms with Gasteiger partial charge < -0.3 is 14.6 Å². The average molecular weight is 534 g/mol. The Hall–Kier alpha value is -3.55. The van der Waals surface area contributed by atoms with Crippen LogP contribution < -0.4 is 5.32 Å². The molecule has 8 heteroatoms. The molecule has 2 aromatic carbocycles. The van der Waals surface area contributed by atoms with Crippen LogP contribution in [0.4, 0.5) is 14.5 Å². The molecular weight excluding hydrogens is 500 g/mol. The van der Waals surface area contributed by atoms with E-state index in [1.807, 2.05) is 35.2 Å². The zero-order chi connectivity index (χ0) is 27.0. The Morgan fingerprint density at radius 2 is 1.79 bits per heavy atom. The van der Waals surface area contributed by atoms with E-state index in [-0.39, 0.29) is 54.7 Å². The summed E-state index contributed by atoms with van der Waals surface area (Å²) in [5.41, 5.74) is 4.00. The second kappa shape index (κ2) is 10.2. The van der Waals surface area contributed by atoms with Crippen LogP contribution in [-0.2, 0) is 15.0 Å². The quantitative estimate of drug-likeness (QED) is 0.404. The van der Waals surface area contributed by atoms with Crippen LogP contribution in [0.5, 0.6) is 0 Å². The first kappa shape index (κ1) is 25.7. The molecule has 204 valence electrons. The highest BCUT2D eigenvalue weighted by molar-refractivity contribution is 5.92. The Balaban J connectivity index is 1.10. The van der Waals surface area contributed by atoms with Gasteiger partial charge in [-0.05, 0) is 66.7 Å². The fourth-order valence-electron chi connectivity index (χ4n) is 6.93. The molecule has 0 bridgehead atoms. The maximum absolute atomic E-state index is 13.6. The maximum Gasteiger partial charge on any atom is 0.248 e. The molecule has 1 saturated carbocycles. The summed E-state index contributed by atoms with van der Waals surface area (Å²) in [6.45, 7) is 1.26. The Bertz CT molecular complexity index is 1340. The summed E-state index contributed by atoms with van der Waals surface area (Å²) in [4.78, 5) is 32.1. The molecule has 2 aliphatic carbocycles. The first-order valence-corrected chi connectivity index (χ1v) is 13.9. The Kier molecular flexibility index (Phi) is 6.73. The maximum atomic E-state index is 13.6. The second-order valence-corrected chi connectivity index (χ2v) is 11.4. The molecule has 1 spiro atoms. The second-order valence-electron chi connectivity index (χ2n) is 11.4. The number of carbonyl (C=O) groups excluding carboxylic acids is 2. The number of piperidine rings is 1. The van der Waals surface area contributed by atoms with Crippen molar-refractivity contribution in [1.29, 1.82) is 0 Å². The van der Waals surface area contributed by atoms with Crippen molar-refractivity contribution in [1.82, 2.24) is 9.88 Å². The number of aromatic nitrogens is 1. The van der Waals surface area contributed by atoms with E-state index in [9.17, 15) is 18.4 Å². The van der Waals surface area contributed by atoms with E-state index in [1.165, 1.54) is 17.5 Å². The molecule has 1 N–H and O–H groups in total. The number of benzene rings is 2. The van der Waals surface area contributed by atoms with Crippen molar-refractivity contribution in [3.05, 3.63) is 72.2 Å². The van der Waals surface area contributed by atoms with Crippen LogP contribution in [0.2, 0.25) is 0 Å². The van der Waals surface area contributed by atoms with E-state index < -0.39 is 5.92 Å². The summed E-state index contributed by atoms with van der Waals surface area (Å²) < 4.78 is 32.6. The first-order chi connectivity index (χ1) is 18.8. The number of anilines is 1. The summed E-state index contributed by atoms with van der Waals surface area (Å²) >= 11 is 0.